The highest BCUT2D eigenvalue weighted by Crippen LogP contribution is 2.38. The molecule has 4 nitrogen and oxygen atoms in total. The van der Waals surface area contributed by atoms with E-state index >= 15 is 0 Å². The normalized spacial score (nSPS) is 23.5. The van der Waals surface area contributed by atoms with Crippen LogP contribution in [-0.4, -0.2) is 25.7 Å². The maximum atomic E-state index is 12.2. The van der Waals surface area contributed by atoms with Crippen molar-refractivity contribution in [1.29, 1.82) is 0 Å². The maximum Gasteiger partial charge on any atom is 0.157 e. The monoisotopic (exact) mass is 578 g/mol. The Balaban J connectivity index is 0.000000608. The van der Waals surface area contributed by atoms with Crippen molar-refractivity contribution in [3.63, 3.8) is 0 Å². The van der Waals surface area contributed by atoms with Crippen LogP contribution >= 0.6 is 62.6 Å². The molecular formula is C26H37Cl3N2O2S2. The largest absolute Gasteiger partial charge is 0.304 e. The summed E-state index contributed by atoms with van der Waals surface area (Å²) in [5, 5.41) is 7.73. The molecule has 0 radical (unpaired) electrons. The molecule has 9 heteroatoms. The maximum absolute atomic E-state index is 12.2. The first-order valence-electron chi connectivity index (χ1n) is 11.4. The summed E-state index contributed by atoms with van der Waals surface area (Å²) in [6.45, 7) is 0. The second kappa shape index (κ2) is 15.5. The van der Waals surface area contributed by atoms with E-state index in [0.29, 0.717) is 22.9 Å². The van der Waals surface area contributed by atoms with Crippen LogP contribution in [0.4, 0.5) is 0 Å². The number of halogens is 3. The molecule has 2 aromatic carbocycles. The summed E-state index contributed by atoms with van der Waals surface area (Å²) in [6, 6.07) is 15.2. The van der Waals surface area contributed by atoms with Gasteiger partial charge in [-0.2, -0.15) is 27.0 Å². The molecular weight excluding hydrogens is 543 g/mol. The number of benzene rings is 2. The second-order valence-electron chi connectivity index (χ2n) is 8.53. The topological polar surface area (TPSA) is 58.2 Å². The molecule has 0 heterocycles. The Bertz CT molecular complexity index is 902. The van der Waals surface area contributed by atoms with Crippen LogP contribution in [0.2, 0.25) is 10.0 Å². The van der Waals surface area contributed by atoms with Crippen LogP contribution in [0.15, 0.2) is 48.5 Å². The third kappa shape index (κ3) is 7.19. The van der Waals surface area contributed by atoms with Gasteiger partial charge < -0.3 is 10.6 Å². The summed E-state index contributed by atoms with van der Waals surface area (Å²) in [7, 11) is 3.68. The van der Waals surface area contributed by atoms with E-state index < -0.39 is 11.1 Å². The van der Waals surface area contributed by atoms with E-state index in [-0.39, 0.29) is 51.0 Å². The molecule has 2 saturated carbocycles. The highest BCUT2D eigenvalue weighted by atomic mass is 35.5. The van der Waals surface area contributed by atoms with Crippen LogP contribution in [-0.2, 0) is 20.7 Å². The average Bonchev–Trinajstić information content (AvgIpc) is 2.82. The molecule has 35 heavy (non-hydrogen) atoms. The number of likely N-dealkylation sites (N-methyl/N-ethyl adjacent to an activating group) is 2. The summed E-state index contributed by atoms with van der Waals surface area (Å²) in [6.07, 6.45) is 7.09. The van der Waals surface area contributed by atoms with Crippen molar-refractivity contribution in [3.8, 4) is 0 Å². The van der Waals surface area contributed by atoms with Crippen molar-refractivity contribution >= 4 is 74.2 Å². The molecule has 0 saturated heterocycles. The lowest BCUT2D eigenvalue weighted by molar-refractivity contribution is -0.128. The van der Waals surface area contributed by atoms with E-state index in [9.17, 15) is 9.59 Å². The number of Topliss-reactive ketones (excluding diaryl/α,β-unsaturated/α-hetero) is 2. The third-order valence-electron chi connectivity index (χ3n) is 6.88. The zero-order chi connectivity index (χ0) is 23.2. The van der Waals surface area contributed by atoms with Crippen molar-refractivity contribution in [2.24, 2.45) is 0 Å². The van der Waals surface area contributed by atoms with Gasteiger partial charge in [-0.3, -0.25) is 9.59 Å². The number of hydrogen-bond donors (Lipinski definition) is 2. The van der Waals surface area contributed by atoms with E-state index in [2.05, 4.69) is 10.6 Å². The molecule has 2 aromatic rings. The van der Waals surface area contributed by atoms with Gasteiger partial charge in [0.2, 0.25) is 0 Å². The van der Waals surface area contributed by atoms with Crippen molar-refractivity contribution in [1.82, 2.24) is 10.6 Å². The molecule has 0 aromatic heterocycles. The lowest BCUT2D eigenvalue weighted by Crippen LogP contribution is -2.49. The molecule has 2 atom stereocenters. The summed E-state index contributed by atoms with van der Waals surface area (Å²) >= 11 is 12.4. The van der Waals surface area contributed by atoms with Crippen molar-refractivity contribution in [3.05, 3.63) is 69.7 Å². The minimum absolute atomic E-state index is 0. The van der Waals surface area contributed by atoms with E-state index in [1.54, 1.807) is 0 Å². The minimum atomic E-state index is -0.559. The molecule has 2 aliphatic rings. The predicted octanol–water partition coefficient (Wildman–Crippen LogP) is 6.44. The van der Waals surface area contributed by atoms with E-state index in [1.807, 2.05) is 62.6 Å². The average molecular weight is 580 g/mol. The molecule has 0 spiro atoms. The van der Waals surface area contributed by atoms with Crippen molar-refractivity contribution < 1.29 is 9.59 Å². The number of carbonyl (C=O) groups excluding carboxylic acids is 2. The molecule has 0 amide bonds. The number of nitrogens with one attached hydrogen (secondary N) is 2. The summed E-state index contributed by atoms with van der Waals surface area (Å²) in [4.78, 5) is 24.4. The van der Waals surface area contributed by atoms with E-state index in [4.69, 9.17) is 23.2 Å². The van der Waals surface area contributed by atoms with Crippen molar-refractivity contribution in [2.75, 3.05) is 14.1 Å². The van der Waals surface area contributed by atoms with Crippen LogP contribution in [0.25, 0.3) is 0 Å². The van der Waals surface area contributed by atoms with Gasteiger partial charge in [-0.05, 0) is 63.0 Å². The molecule has 196 valence electrons. The van der Waals surface area contributed by atoms with Gasteiger partial charge in [0, 0.05) is 22.9 Å². The fourth-order valence-corrected chi connectivity index (χ4v) is 5.63. The van der Waals surface area contributed by atoms with Crippen LogP contribution in [0.5, 0.6) is 0 Å². The first-order chi connectivity index (χ1) is 15.4. The quantitative estimate of drug-likeness (QED) is 0.437. The van der Waals surface area contributed by atoms with Gasteiger partial charge in [0.05, 0.1) is 0 Å². The Labute approximate surface area is 239 Å². The SMILES string of the molecule is CN[C@]1(c2ccccc2Cl)CCCCC1=O.CN[C@]1(c2ccccc2Cl)CCCCC1=O.Cl.S.S. The zero-order valence-corrected chi connectivity index (χ0v) is 24.6. The van der Waals surface area contributed by atoms with Crippen LogP contribution in [0, 0.1) is 0 Å². The second-order valence-corrected chi connectivity index (χ2v) is 9.35. The van der Waals surface area contributed by atoms with Gasteiger partial charge in [0.15, 0.2) is 11.6 Å². The predicted molar refractivity (Wildman–Crippen MR) is 159 cm³/mol. The fraction of sp³-hybridized carbons (Fsp3) is 0.462. The Kier molecular flexibility index (Phi) is 15.2. The highest BCUT2D eigenvalue weighted by Gasteiger charge is 2.42. The molecule has 2 N–H and O–H groups in total. The molecule has 0 unspecified atom stereocenters. The van der Waals surface area contributed by atoms with Crippen LogP contribution in [0.1, 0.15) is 62.5 Å². The van der Waals surface area contributed by atoms with Gasteiger partial charge in [0.25, 0.3) is 0 Å². The third-order valence-corrected chi connectivity index (χ3v) is 7.54. The zero-order valence-electron chi connectivity index (χ0n) is 20.3. The Morgan fingerprint density at radius 3 is 1.29 bits per heavy atom. The number of ketones is 2. The van der Waals surface area contributed by atoms with Crippen LogP contribution < -0.4 is 10.6 Å². The smallest absolute Gasteiger partial charge is 0.157 e. The van der Waals surface area contributed by atoms with Gasteiger partial charge in [-0.1, -0.05) is 72.4 Å². The van der Waals surface area contributed by atoms with E-state index in [0.717, 1.165) is 49.7 Å². The van der Waals surface area contributed by atoms with E-state index in [1.165, 1.54) is 0 Å². The summed E-state index contributed by atoms with van der Waals surface area (Å²) in [5.74, 6) is 0.517. The molecule has 4 rings (SSSR count). The van der Waals surface area contributed by atoms with Gasteiger partial charge >= 0.3 is 0 Å². The number of rotatable bonds is 4. The van der Waals surface area contributed by atoms with Gasteiger partial charge in [-0.15, -0.1) is 12.4 Å². The lowest BCUT2D eigenvalue weighted by Gasteiger charge is -2.36. The molecule has 2 fully saturated rings. The molecule has 0 bridgehead atoms. The summed E-state index contributed by atoms with van der Waals surface area (Å²) in [5.41, 5.74) is 0.723. The minimum Gasteiger partial charge on any atom is -0.304 e. The fourth-order valence-electron chi connectivity index (χ4n) is 5.04. The Morgan fingerprint density at radius 2 is 1.00 bits per heavy atom. The van der Waals surface area contributed by atoms with Crippen LogP contribution in [0.3, 0.4) is 0 Å². The summed E-state index contributed by atoms with van der Waals surface area (Å²) < 4.78 is 0. The lowest BCUT2D eigenvalue weighted by atomic mass is 9.75. The first kappa shape index (κ1) is 34.3. The number of hydrogen-bond acceptors (Lipinski definition) is 4. The number of carbonyl (C=O) groups is 2. The highest BCUT2D eigenvalue weighted by molar-refractivity contribution is 7.59. The Morgan fingerprint density at radius 1 is 0.657 bits per heavy atom. The Hall–Kier alpha value is -0.730. The first-order valence-corrected chi connectivity index (χ1v) is 12.1. The standard InChI is InChI=1S/2C13H16ClNO.ClH.2H2S/c2*1-15-13(9-5-4-8-12(13)16)10-6-2-3-7-11(10)14;;;/h2*2-3,6-7,15H,4-5,8-9H2,1H3;1H;2*1H2/t2*13-;;;/m00.../s1. The van der Waals surface area contributed by atoms with Gasteiger partial charge in [-0.25, -0.2) is 0 Å². The van der Waals surface area contributed by atoms with Gasteiger partial charge in [0.1, 0.15) is 11.1 Å². The van der Waals surface area contributed by atoms with Crippen molar-refractivity contribution in [2.45, 2.75) is 62.4 Å². The molecule has 0 aliphatic heterocycles. The molecule has 2 aliphatic carbocycles.